The molecule has 1 aromatic rings. The molecule has 1 aliphatic heterocycles. The van der Waals surface area contributed by atoms with Gasteiger partial charge in [0, 0.05) is 38.3 Å². The molecule has 0 radical (unpaired) electrons. The fourth-order valence-corrected chi connectivity index (χ4v) is 2.32. The molecule has 1 N–H and O–H groups in total. The molecular weight excluding hydrogens is 272 g/mol. The fourth-order valence-electron chi connectivity index (χ4n) is 2.32. The van der Waals surface area contributed by atoms with E-state index in [1.165, 1.54) is 12.1 Å². The van der Waals surface area contributed by atoms with E-state index in [0.717, 1.165) is 19.6 Å². The van der Waals surface area contributed by atoms with Crippen molar-refractivity contribution < 1.29 is 4.92 Å². The van der Waals surface area contributed by atoms with Crippen LogP contribution in [0.15, 0.2) is 12.1 Å². The number of hydrogen-bond acceptors (Lipinski definition) is 7. The highest BCUT2D eigenvalue weighted by Gasteiger charge is 2.22. The third-order valence-corrected chi connectivity index (χ3v) is 3.68. The van der Waals surface area contributed by atoms with Gasteiger partial charge in [-0.25, -0.2) is 4.98 Å². The van der Waals surface area contributed by atoms with E-state index < -0.39 is 4.92 Å². The highest BCUT2D eigenvalue weighted by Crippen LogP contribution is 2.18. The molecule has 1 atom stereocenters. The predicted octanol–water partition coefficient (Wildman–Crippen LogP) is 0.519. The molecular formula is C13H18N6O2. The number of aromatic nitrogens is 1. The Morgan fingerprint density at radius 2 is 2.29 bits per heavy atom. The number of nitriles is 1. The van der Waals surface area contributed by atoms with Crippen LogP contribution in [0.3, 0.4) is 0 Å². The highest BCUT2D eigenvalue weighted by atomic mass is 16.6. The molecule has 112 valence electrons. The number of pyridine rings is 1. The first-order chi connectivity index (χ1) is 10.0. The molecule has 2 rings (SSSR count). The van der Waals surface area contributed by atoms with Crippen LogP contribution in [0.2, 0.25) is 0 Å². The minimum absolute atomic E-state index is 0.167. The quantitative estimate of drug-likeness (QED) is 0.637. The molecule has 0 spiro atoms. The van der Waals surface area contributed by atoms with Crippen LogP contribution in [0.5, 0.6) is 0 Å². The van der Waals surface area contributed by atoms with E-state index in [1.54, 1.807) is 6.07 Å². The molecule has 0 aliphatic carbocycles. The summed E-state index contributed by atoms with van der Waals surface area (Å²) in [4.78, 5) is 18.7. The molecule has 8 heteroatoms. The Morgan fingerprint density at radius 3 is 2.95 bits per heavy atom. The van der Waals surface area contributed by atoms with Gasteiger partial charge in [-0.1, -0.05) is 0 Å². The van der Waals surface area contributed by atoms with Gasteiger partial charge < -0.3 is 10.2 Å². The third-order valence-electron chi connectivity index (χ3n) is 3.68. The predicted molar refractivity (Wildman–Crippen MR) is 78.0 cm³/mol. The average Bonchev–Trinajstić information content (AvgIpc) is 2.47. The monoisotopic (exact) mass is 290 g/mol. The van der Waals surface area contributed by atoms with E-state index in [2.05, 4.69) is 34.2 Å². The standard InChI is InChI=1S/C13H18N6O2/c1-17-5-6-18(2)10(9-17)8-15-13-4-3-12(19(20)21)11(7-14)16-13/h3-4,10H,5-6,8-9H2,1-2H3,(H,15,16). The second-order valence-corrected chi connectivity index (χ2v) is 5.21. The molecule has 1 fully saturated rings. The number of hydrogen-bond donors (Lipinski definition) is 1. The van der Waals surface area contributed by atoms with Crippen LogP contribution in [-0.2, 0) is 0 Å². The second kappa shape index (κ2) is 6.47. The van der Waals surface area contributed by atoms with E-state index in [9.17, 15) is 10.1 Å². The molecule has 0 aromatic carbocycles. The summed E-state index contributed by atoms with van der Waals surface area (Å²) in [5.74, 6) is 0.485. The zero-order valence-corrected chi connectivity index (χ0v) is 12.1. The molecule has 1 aliphatic rings. The maximum atomic E-state index is 10.8. The smallest absolute Gasteiger partial charge is 0.305 e. The summed E-state index contributed by atoms with van der Waals surface area (Å²) >= 11 is 0. The summed E-state index contributed by atoms with van der Waals surface area (Å²) in [5.41, 5.74) is -0.434. The lowest BCUT2D eigenvalue weighted by Crippen LogP contribution is -2.52. The normalized spacial score (nSPS) is 20.0. The minimum atomic E-state index is -0.598. The topological polar surface area (TPSA) is 98.3 Å². The van der Waals surface area contributed by atoms with Gasteiger partial charge in [0.2, 0.25) is 5.69 Å². The SMILES string of the molecule is CN1CCN(C)C(CNc2ccc([N+](=O)[O-])c(C#N)n2)C1. The van der Waals surface area contributed by atoms with E-state index in [1.807, 2.05) is 0 Å². The lowest BCUT2D eigenvalue weighted by Gasteiger charge is -2.37. The van der Waals surface area contributed by atoms with Gasteiger partial charge >= 0.3 is 5.69 Å². The highest BCUT2D eigenvalue weighted by molar-refractivity contribution is 5.50. The van der Waals surface area contributed by atoms with Crippen LogP contribution >= 0.6 is 0 Å². The fraction of sp³-hybridized carbons (Fsp3) is 0.538. The maximum absolute atomic E-state index is 10.8. The van der Waals surface area contributed by atoms with Crippen molar-refractivity contribution in [3.8, 4) is 6.07 Å². The van der Waals surface area contributed by atoms with Crippen LogP contribution in [0, 0.1) is 21.4 Å². The van der Waals surface area contributed by atoms with Crippen LogP contribution < -0.4 is 5.32 Å². The third kappa shape index (κ3) is 3.65. The molecule has 1 aromatic heterocycles. The van der Waals surface area contributed by atoms with Crippen molar-refractivity contribution in [3.63, 3.8) is 0 Å². The Morgan fingerprint density at radius 1 is 1.52 bits per heavy atom. The Bertz CT molecular complexity index is 570. The number of rotatable bonds is 4. The van der Waals surface area contributed by atoms with E-state index in [0.29, 0.717) is 18.4 Å². The summed E-state index contributed by atoms with van der Waals surface area (Å²) in [6.07, 6.45) is 0. The number of likely N-dealkylation sites (N-methyl/N-ethyl adjacent to an activating group) is 2. The van der Waals surface area contributed by atoms with Gasteiger partial charge in [-0.3, -0.25) is 15.0 Å². The Labute approximate surface area is 123 Å². The summed E-state index contributed by atoms with van der Waals surface area (Å²) < 4.78 is 0. The minimum Gasteiger partial charge on any atom is -0.368 e. The van der Waals surface area contributed by atoms with Crippen molar-refractivity contribution >= 4 is 11.5 Å². The Balaban J connectivity index is 2.03. The zero-order valence-electron chi connectivity index (χ0n) is 12.1. The van der Waals surface area contributed by atoms with Crippen molar-refractivity contribution in [1.29, 1.82) is 5.26 Å². The van der Waals surface area contributed by atoms with E-state index >= 15 is 0 Å². The average molecular weight is 290 g/mol. The number of anilines is 1. The number of nitrogens with zero attached hydrogens (tertiary/aromatic N) is 5. The van der Waals surface area contributed by atoms with Crippen LogP contribution in [0.25, 0.3) is 0 Å². The van der Waals surface area contributed by atoms with Crippen LogP contribution in [0.1, 0.15) is 5.69 Å². The lowest BCUT2D eigenvalue weighted by molar-refractivity contribution is -0.385. The van der Waals surface area contributed by atoms with Crippen molar-refractivity contribution in [1.82, 2.24) is 14.8 Å². The first-order valence-electron chi connectivity index (χ1n) is 6.69. The summed E-state index contributed by atoms with van der Waals surface area (Å²) in [5, 5.41) is 22.8. The Kier molecular flexibility index (Phi) is 4.67. The van der Waals surface area contributed by atoms with Gasteiger partial charge in [0.05, 0.1) is 4.92 Å². The number of piperazine rings is 1. The van der Waals surface area contributed by atoms with Crippen LogP contribution in [-0.4, -0.2) is 66.0 Å². The van der Waals surface area contributed by atoms with E-state index in [4.69, 9.17) is 5.26 Å². The van der Waals surface area contributed by atoms with Crippen molar-refractivity contribution in [3.05, 3.63) is 27.9 Å². The van der Waals surface area contributed by atoms with Crippen LogP contribution in [0.4, 0.5) is 11.5 Å². The van der Waals surface area contributed by atoms with Crippen molar-refractivity contribution in [2.75, 3.05) is 45.6 Å². The first kappa shape index (κ1) is 15.2. The van der Waals surface area contributed by atoms with Gasteiger partial charge in [0.25, 0.3) is 0 Å². The molecule has 1 saturated heterocycles. The molecule has 2 heterocycles. The summed E-state index contributed by atoms with van der Waals surface area (Å²) in [7, 11) is 4.15. The zero-order chi connectivity index (χ0) is 15.4. The van der Waals surface area contributed by atoms with Crippen molar-refractivity contribution in [2.24, 2.45) is 0 Å². The summed E-state index contributed by atoms with van der Waals surface area (Å²) in [6.45, 7) is 3.67. The van der Waals surface area contributed by atoms with Crippen molar-refractivity contribution in [2.45, 2.75) is 6.04 Å². The molecule has 0 amide bonds. The summed E-state index contributed by atoms with van der Waals surface area (Å²) in [6, 6.07) is 4.94. The van der Waals surface area contributed by atoms with Gasteiger partial charge in [0.1, 0.15) is 11.9 Å². The molecule has 8 nitrogen and oxygen atoms in total. The molecule has 0 saturated carbocycles. The van der Waals surface area contributed by atoms with Gasteiger partial charge in [-0.2, -0.15) is 5.26 Å². The number of nitro groups is 1. The van der Waals surface area contributed by atoms with E-state index in [-0.39, 0.29) is 11.4 Å². The second-order valence-electron chi connectivity index (χ2n) is 5.21. The molecule has 21 heavy (non-hydrogen) atoms. The van der Waals surface area contributed by atoms with Gasteiger partial charge in [0.15, 0.2) is 0 Å². The maximum Gasteiger partial charge on any atom is 0.305 e. The first-order valence-corrected chi connectivity index (χ1v) is 6.69. The van der Waals surface area contributed by atoms with Gasteiger partial charge in [-0.15, -0.1) is 0 Å². The Hall–Kier alpha value is -2.24. The molecule has 1 unspecified atom stereocenters. The number of nitrogens with one attached hydrogen (secondary N) is 1. The lowest BCUT2D eigenvalue weighted by atomic mass is 10.2. The largest absolute Gasteiger partial charge is 0.368 e. The molecule has 0 bridgehead atoms. The van der Waals surface area contributed by atoms with Gasteiger partial charge in [-0.05, 0) is 20.2 Å².